The molecule has 4 atom stereocenters. The first-order valence-corrected chi connectivity index (χ1v) is 15.4. The van der Waals surface area contributed by atoms with Crippen molar-refractivity contribution in [2.45, 2.75) is 89.9 Å². The van der Waals surface area contributed by atoms with Crippen molar-refractivity contribution in [1.29, 1.82) is 0 Å². The highest BCUT2D eigenvalue weighted by Crippen LogP contribution is 2.37. The number of aliphatic imine (C=N–C) groups is 1. The molecule has 8 heteroatoms. The molecule has 226 valence electrons. The minimum absolute atomic E-state index is 0.0122. The van der Waals surface area contributed by atoms with Gasteiger partial charge in [0.2, 0.25) is 0 Å². The van der Waals surface area contributed by atoms with E-state index >= 15 is 0 Å². The number of nitrogens with one attached hydrogen (secondary N) is 1. The van der Waals surface area contributed by atoms with Crippen molar-refractivity contribution in [3.8, 4) is 11.5 Å². The Morgan fingerprint density at radius 3 is 2.76 bits per heavy atom. The van der Waals surface area contributed by atoms with Gasteiger partial charge in [0.15, 0.2) is 29.9 Å². The van der Waals surface area contributed by atoms with Crippen molar-refractivity contribution in [1.82, 2.24) is 5.32 Å². The van der Waals surface area contributed by atoms with Gasteiger partial charge in [-0.05, 0) is 56.2 Å². The Morgan fingerprint density at radius 1 is 1.22 bits per heavy atom. The average molecular weight is 569 g/mol. The first-order valence-electron chi connectivity index (χ1n) is 15.4. The molecule has 0 saturated heterocycles. The van der Waals surface area contributed by atoms with E-state index in [0.717, 1.165) is 48.6 Å². The van der Waals surface area contributed by atoms with Gasteiger partial charge in [0.1, 0.15) is 12.2 Å². The highest BCUT2D eigenvalue weighted by Gasteiger charge is 2.37. The Balaban J connectivity index is 1.29. The molecule has 0 spiro atoms. The van der Waals surface area contributed by atoms with Crippen LogP contribution in [0.1, 0.15) is 70.8 Å². The second-order valence-corrected chi connectivity index (χ2v) is 11.7. The molecule has 1 aromatic carbocycles. The Morgan fingerprint density at radius 2 is 2.02 bits per heavy atom. The summed E-state index contributed by atoms with van der Waals surface area (Å²) in [4.78, 5) is 4.51. The van der Waals surface area contributed by atoms with E-state index in [1.54, 1.807) is 19.1 Å². The molecule has 5 N–H and O–H groups in total. The van der Waals surface area contributed by atoms with Crippen LogP contribution in [0.15, 0.2) is 46.5 Å². The van der Waals surface area contributed by atoms with Crippen molar-refractivity contribution in [3.05, 3.63) is 59.2 Å². The zero-order chi connectivity index (χ0) is 29.2. The Bertz CT molecular complexity index is 1050. The number of benzene rings is 1. The summed E-state index contributed by atoms with van der Waals surface area (Å²) < 4.78 is 11.9. The number of aliphatic hydroxyl groups excluding tert-OH is 3. The summed E-state index contributed by atoms with van der Waals surface area (Å²) in [5.74, 6) is 1.21. The van der Waals surface area contributed by atoms with E-state index in [2.05, 4.69) is 17.2 Å². The van der Waals surface area contributed by atoms with E-state index in [-0.39, 0.29) is 25.1 Å². The minimum Gasteiger partial charge on any atom is -0.504 e. The molecule has 4 rings (SSSR count). The van der Waals surface area contributed by atoms with Gasteiger partial charge < -0.3 is 35.2 Å². The van der Waals surface area contributed by atoms with Crippen molar-refractivity contribution in [2.75, 3.05) is 26.3 Å². The van der Waals surface area contributed by atoms with Gasteiger partial charge in [0, 0.05) is 25.8 Å². The number of unbranched alkanes of at least 4 members (excludes halogenated alkanes) is 1. The summed E-state index contributed by atoms with van der Waals surface area (Å²) in [7, 11) is 0. The third kappa shape index (κ3) is 9.00. The number of aliphatic hydroxyl groups is 3. The topological polar surface area (TPSA) is 124 Å². The molecule has 1 saturated carbocycles. The molecule has 1 unspecified atom stereocenters. The summed E-state index contributed by atoms with van der Waals surface area (Å²) in [6.45, 7) is 5.24. The van der Waals surface area contributed by atoms with Crippen LogP contribution in [-0.4, -0.2) is 71.3 Å². The molecular formula is C33H48N2O6. The monoisotopic (exact) mass is 568 g/mol. The van der Waals surface area contributed by atoms with Crippen LogP contribution in [0.2, 0.25) is 0 Å². The third-order valence-electron chi connectivity index (χ3n) is 8.36. The second kappa shape index (κ2) is 15.7. The van der Waals surface area contributed by atoms with Gasteiger partial charge in [0.25, 0.3) is 0 Å². The maximum atomic E-state index is 10.9. The van der Waals surface area contributed by atoms with Crippen LogP contribution in [0.5, 0.6) is 11.5 Å². The third-order valence-corrected chi connectivity index (χ3v) is 8.36. The predicted octanol–water partition coefficient (Wildman–Crippen LogP) is 4.42. The lowest BCUT2D eigenvalue weighted by molar-refractivity contribution is 0.103. The van der Waals surface area contributed by atoms with Gasteiger partial charge in [-0.15, -0.1) is 4.99 Å². The van der Waals surface area contributed by atoms with E-state index in [1.807, 2.05) is 24.4 Å². The molecule has 0 aromatic heterocycles. The molecule has 2 aliphatic heterocycles. The predicted molar refractivity (Wildman–Crippen MR) is 161 cm³/mol. The van der Waals surface area contributed by atoms with Gasteiger partial charge in [-0.25, -0.2) is 0 Å². The van der Waals surface area contributed by atoms with E-state index in [0.29, 0.717) is 43.0 Å². The molecule has 2 heterocycles. The maximum Gasteiger partial charge on any atom is 0.181 e. The zero-order valence-electron chi connectivity index (χ0n) is 24.6. The number of aryl methyl sites for hydroxylation is 1. The number of ether oxygens (including phenoxy) is 2. The fraction of sp³-hybridized carbons (Fsp3) is 0.606. The molecule has 1 fully saturated rings. The number of aromatic hydroxyl groups is 1. The van der Waals surface area contributed by atoms with Crippen LogP contribution >= 0.6 is 0 Å². The second-order valence-electron chi connectivity index (χ2n) is 11.7. The molecule has 0 bridgehead atoms. The number of hydrogen-bond acceptors (Lipinski definition) is 8. The molecular weight excluding hydrogens is 520 g/mol. The lowest BCUT2D eigenvalue weighted by Gasteiger charge is -2.24. The fourth-order valence-corrected chi connectivity index (χ4v) is 6.00. The highest BCUT2D eigenvalue weighted by atomic mass is 16.5. The molecule has 8 nitrogen and oxygen atoms in total. The van der Waals surface area contributed by atoms with Crippen molar-refractivity contribution >= 4 is 6.21 Å². The summed E-state index contributed by atoms with van der Waals surface area (Å²) >= 11 is 0. The zero-order valence-corrected chi connectivity index (χ0v) is 24.6. The summed E-state index contributed by atoms with van der Waals surface area (Å²) in [5, 5.41) is 44.0. The van der Waals surface area contributed by atoms with Gasteiger partial charge in [0.05, 0.1) is 18.1 Å². The average Bonchev–Trinajstić information content (AvgIpc) is 3.74. The van der Waals surface area contributed by atoms with Crippen LogP contribution in [-0.2, 0) is 11.2 Å². The van der Waals surface area contributed by atoms with Crippen LogP contribution in [0, 0.1) is 24.0 Å². The maximum absolute atomic E-state index is 10.9. The lowest BCUT2D eigenvalue weighted by Crippen LogP contribution is -2.33. The molecule has 0 amide bonds. The molecule has 41 heavy (non-hydrogen) atoms. The lowest BCUT2D eigenvalue weighted by atomic mass is 9.84. The Labute approximate surface area is 245 Å². The Kier molecular flexibility index (Phi) is 12.0. The highest BCUT2D eigenvalue weighted by molar-refractivity contribution is 5.84. The van der Waals surface area contributed by atoms with Crippen molar-refractivity contribution in [2.24, 2.45) is 16.8 Å². The van der Waals surface area contributed by atoms with E-state index in [4.69, 9.17) is 9.47 Å². The first kappa shape index (κ1) is 31.4. The minimum atomic E-state index is -0.925. The van der Waals surface area contributed by atoms with Crippen LogP contribution in [0.25, 0.3) is 0 Å². The number of nitrogens with zero attached hydrogens (tertiary/aromatic N) is 1. The standard InChI is InChI=1S/C33H48N2O6/c1-3-4-9-32-26(20-36)15-27(41-32)12-10-23-11-13-30(38)33(14-23)40-21-31(39)29-16-25(18-35-29)28(19-34-17-22(2)37)24-7-5-6-8-24/h11,13-16,18,22,24,28,31-32,34,36-39H,3-10,12,17,19-21H2,1-2H3/t22-,28+,31-,32?/m0/s1. The normalized spacial score (nSPS) is 21.3. The SMILES string of the molecule is CCCCC1O[C-](CCc2ccc(O)c(OC[C@H](O)[C+]3C=C([C@H](CNC[C@H](C)O)C4CCCC4)C=N3)c2)C=C1CO. The molecule has 1 aliphatic carbocycles. The Hall–Kier alpha value is -2.49. The number of hydrogen-bond donors (Lipinski definition) is 5. The fourth-order valence-electron chi connectivity index (χ4n) is 6.00. The molecule has 1 aromatic rings. The number of phenolic OH excluding ortho intramolecular Hbond substituents is 1. The van der Waals surface area contributed by atoms with Gasteiger partial charge in [-0.1, -0.05) is 51.2 Å². The summed E-state index contributed by atoms with van der Waals surface area (Å²) in [6, 6.07) is 5.84. The van der Waals surface area contributed by atoms with E-state index < -0.39 is 12.2 Å². The van der Waals surface area contributed by atoms with Gasteiger partial charge in [-0.3, -0.25) is 0 Å². The van der Waals surface area contributed by atoms with E-state index in [9.17, 15) is 20.4 Å². The first-order chi connectivity index (χ1) is 19.9. The van der Waals surface area contributed by atoms with E-state index in [1.165, 1.54) is 25.7 Å². The summed E-state index contributed by atoms with van der Waals surface area (Å²) in [5.41, 5.74) is 3.03. The number of phenols is 1. The quantitative estimate of drug-likeness (QED) is 0.176. The van der Waals surface area contributed by atoms with Gasteiger partial charge >= 0.3 is 0 Å². The van der Waals surface area contributed by atoms with Gasteiger partial charge in [-0.2, -0.15) is 11.6 Å². The number of rotatable bonds is 17. The van der Waals surface area contributed by atoms with Crippen molar-refractivity contribution < 1.29 is 29.9 Å². The smallest absolute Gasteiger partial charge is 0.181 e. The summed E-state index contributed by atoms with van der Waals surface area (Å²) in [6.07, 6.45) is 14.6. The van der Waals surface area contributed by atoms with Crippen LogP contribution in [0.3, 0.4) is 0 Å². The van der Waals surface area contributed by atoms with Crippen LogP contribution < -0.4 is 10.1 Å². The largest absolute Gasteiger partial charge is 0.504 e. The molecule has 3 aliphatic rings. The van der Waals surface area contributed by atoms with Crippen LogP contribution in [0.4, 0.5) is 0 Å². The van der Waals surface area contributed by atoms with Crippen molar-refractivity contribution in [3.63, 3.8) is 0 Å². The molecule has 0 radical (unpaired) electrons.